The second kappa shape index (κ2) is 5.60. The van der Waals surface area contributed by atoms with Crippen molar-refractivity contribution < 1.29 is 0 Å². The smallest absolute Gasteiger partial charge is 0.150 e. The SMILES string of the molecule is CNc1cc(C)nc(CN2CCN(C)c3ccccc32)n1. The number of fused-ring (bicyclic) bond motifs is 1. The highest BCUT2D eigenvalue weighted by Gasteiger charge is 2.20. The third kappa shape index (κ3) is 2.77. The Labute approximate surface area is 125 Å². The average Bonchev–Trinajstić information content (AvgIpc) is 2.50. The van der Waals surface area contributed by atoms with Gasteiger partial charge in [0.25, 0.3) is 0 Å². The van der Waals surface area contributed by atoms with E-state index in [9.17, 15) is 0 Å². The van der Waals surface area contributed by atoms with Gasteiger partial charge in [-0.1, -0.05) is 12.1 Å². The molecule has 1 aromatic heterocycles. The quantitative estimate of drug-likeness (QED) is 0.936. The van der Waals surface area contributed by atoms with Crippen LogP contribution < -0.4 is 15.1 Å². The summed E-state index contributed by atoms with van der Waals surface area (Å²) in [5, 5.41) is 3.09. The standard InChI is InChI=1S/C16H21N5/c1-12-10-15(17-2)19-16(18-12)11-21-9-8-20(3)13-6-4-5-7-14(13)21/h4-7,10H,8-9,11H2,1-3H3,(H,17,18,19). The van der Waals surface area contributed by atoms with Crippen LogP contribution >= 0.6 is 0 Å². The molecule has 1 N–H and O–H groups in total. The largest absolute Gasteiger partial charge is 0.373 e. The van der Waals surface area contributed by atoms with Crippen LogP contribution in [0.2, 0.25) is 0 Å². The minimum Gasteiger partial charge on any atom is -0.373 e. The van der Waals surface area contributed by atoms with Crippen LogP contribution in [0.5, 0.6) is 0 Å². The molecule has 0 bridgehead atoms. The van der Waals surface area contributed by atoms with Gasteiger partial charge in [0.05, 0.1) is 17.9 Å². The fraction of sp³-hybridized carbons (Fsp3) is 0.375. The molecule has 2 heterocycles. The van der Waals surface area contributed by atoms with Crippen LogP contribution in [0.25, 0.3) is 0 Å². The Hall–Kier alpha value is -2.30. The van der Waals surface area contributed by atoms with Crippen LogP contribution in [-0.4, -0.2) is 37.2 Å². The van der Waals surface area contributed by atoms with Crippen molar-refractivity contribution in [3.8, 4) is 0 Å². The highest BCUT2D eigenvalue weighted by Crippen LogP contribution is 2.32. The molecule has 1 aromatic carbocycles. The lowest BCUT2D eigenvalue weighted by atomic mass is 10.1. The second-order valence-electron chi connectivity index (χ2n) is 5.39. The normalized spacial score (nSPS) is 14.0. The fourth-order valence-electron chi connectivity index (χ4n) is 2.73. The third-order valence-corrected chi connectivity index (χ3v) is 3.83. The van der Waals surface area contributed by atoms with Gasteiger partial charge in [-0.2, -0.15) is 0 Å². The predicted molar refractivity (Wildman–Crippen MR) is 87.1 cm³/mol. The molecule has 0 fully saturated rings. The lowest BCUT2D eigenvalue weighted by Gasteiger charge is -2.36. The van der Waals surface area contributed by atoms with Gasteiger partial charge in [-0.15, -0.1) is 0 Å². The van der Waals surface area contributed by atoms with E-state index in [1.54, 1.807) is 0 Å². The fourth-order valence-corrected chi connectivity index (χ4v) is 2.73. The van der Waals surface area contributed by atoms with Crippen LogP contribution in [0.3, 0.4) is 0 Å². The summed E-state index contributed by atoms with van der Waals surface area (Å²) in [4.78, 5) is 13.8. The molecule has 0 saturated carbocycles. The molecular weight excluding hydrogens is 262 g/mol. The van der Waals surface area contributed by atoms with Crippen molar-refractivity contribution >= 4 is 17.2 Å². The minimum atomic E-state index is 0.737. The lowest BCUT2D eigenvalue weighted by molar-refractivity contribution is 0.709. The zero-order chi connectivity index (χ0) is 14.8. The van der Waals surface area contributed by atoms with Gasteiger partial charge < -0.3 is 15.1 Å². The van der Waals surface area contributed by atoms with Gasteiger partial charge in [-0.05, 0) is 19.1 Å². The summed E-state index contributed by atoms with van der Waals surface area (Å²) in [6.45, 7) is 4.74. The Kier molecular flexibility index (Phi) is 3.64. The molecule has 2 aromatic rings. The summed E-state index contributed by atoms with van der Waals surface area (Å²) in [6.07, 6.45) is 0. The predicted octanol–water partition coefficient (Wildman–Crippen LogP) is 2.28. The highest BCUT2D eigenvalue weighted by atomic mass is 15.3. The number of likely N-dealkylation sites (N-methyl/N-ethyl adjacent to an activating group) is 1. The van der Waals surface area contributed by atoms with E-state index in [1.165, 1.54) is 11.4 Å². The third-order valence-electron chi connectivity index (χ3n) is 3.83. The maximum absolute atomic E-state index is 4.56. The number of hydrogen-bond donors (Lipinski definition) is 1. The van der Waals surface area contributed by atoms with E-state index in [4.69, 9.17) is 0 Å². The van der Waals surface area contributed by atoms with Gasteiger partial charge in [0.15, 0.2) is 0 Å². The molecule has 0 atom stereocenters. The summed E-state index contributed by atoms with van der Waals surface area (Å²) in [5.74, 6) is 1.73. The Bertz CT molecular complexity index is 640. The lowest BCUT2D eigenvalue weighted by Crippen LogP contribution is -2.39. The molecule has 5 nitrogen and oxygen atoms in total. The Balaban J connectivity index is 1.89. The number of anilines is 3. The van der Waals surface area contributed by atoms with Crippen molar-refractivity contribution in [3.63, 3.8) is 0 Å². The first-order chi connectivity index (χ1) is 10.2. The maximum Gasteiger partial charge on any atom is 0.150 e. The van der Waals surface area contributed by atoms with E-state index in [1.807, 2.05) is 20.0 Å². The summed E-state index contributed by atoms with van der Waals surface area (Å²) < 4.78 is 0. The molecule has 0 unspecified atom stereocenters. The minimum absolute atomic E-state index is 0.737. The van der Waals surface area contributed by atoms with E-state index in [-0.39, 0.29) is 0 Å². The maximum atomic E-state index is 4.56. The Morgan fingerprint density at radius 1 is 1.14 bits per heavy atom. The average molecular weight is 283 g/mol. The van der Waals surface area contributed by atoms with Gasteiger partial charge in [0, 0.05) is 38.9 Å². The number of nitrogens with zero attached hydrogens (tertiary/aromatic N) is 4. The number of nitrogens with one attached hydrogen (secondary N) is 1. The molecule has 110 valence electrons. The first-order valence-electron chi connectivity index (χ1n) is 7.25. The van der Waals surface area contributed by atoms with Crippen LogP contribution in [0.15, 0.2) is 30.3 Å². The van der Waals surface area contributed by atoms with Crippen molar-refractivity contribution in [2.24, 2.45) is 0 Å². The van der Waals surface area contributed by atoms with Crippen molar-refractivity contribution in [1.29, 1.82) is 0 Å². The number of para-hydroxylation sites is 2. The summed E-state index contributed by atoms with van der Waals surface area (Å²) in [5.41, 5.74) is 3.51. The molecule has 5 heteroatoms. The number of rotatable bonds is 3. The first-order valence-corrected chi connectivity index (χ1v) is 7.25. The van der Waals surface area contributed by atoms with Crippen LogP contribution in [-0.2, 0) is 6.54 Å². The number of aryl methyl sites for hydroxylation is 1. The van der Waals surface area contributed by atoms with E-state index < -0.39 is 0 Å². The van der Waals surface area contributed by atoms with E-state index in [0.29, 0.717) is 0 Å². The van der Waals surface area contributed by atoms with Crippen LogP contribution in [0.4, 0.5) is 17.2 Å². The topological polar surface area (TPSA) is 44.3 Å². The molecule has 0 radical (unpaired) electrons. The van der Waals surface area contributed by atoms with Crippen LogP contribution in [0, 0.1) is 6.92 Å². The first kappa shape index (κ1) is 13.7. The Morgan fingerprint density at radius 2 is 1.90 bits per heavy atom. The van der Waals surface area contributed by atoms with Gasteiger partial charge in [0.1, 0.15) is 11.6 Å². The zero-order valence-electron chi connectivity index (χ0n) is 12.8. The molecule has 1 aliphatic rings. The molecule has 0 spiro atoms. The van der Waals surface area contributed by atoms with Crippen molar-refractivity contribution in [1.82, 2.24) is 9.97 Å². The second-order valence-corrected chi connectivity index (χ2v) is 5.39. The number of aromatic nitrogens is 2. The summed E-state index contributed by atoms with van der Waals surface area (Å²) in [6, 6.07) is 10.5. The zero-order valence-corrected chi connectivity index (χ0v) is 12.8. The molecule has 21 heavy (non-hydrogen) atoms. The van der Waals surface area contributed by atoms with Gasteiger partial charge in [-0.25, -0.2) is 9.97 Å². The molecule has 1 aliphatic heterocycles. The van der Waals surface area contributed by atoms with E-state index >= 15 is 0 Å². The van der Waals surface area contributed by atoms with Crippen LogP contribution in [0.1, 0.15) is 11.5 Å². The van der Waals surface area contributed by atoms with Gasteiger partial charge >= 0.3 is 0 Å². The number of benzene rings is 1. The molecule has 0 saturated heterocycles. The van der Waals surface area contributed by atoms with Gasteiger partial charge in [0.2, 0.25) is 0 Å². The number of hydrogen-bond acceptors (Lipinski definition) is 5. The highest BCUT2D eigenvalue weighted by molar-refractivity contribution is 5.73. The summed E-state index contributed by atoms with van der Waals surface area (Å²) >= 11 is 0. The van der Waals surface area contributed by atoms with Crippen molar-refractivity contribution in [3.05, 3.63) is 41.9 Å². The summed E-state index contributed by atoms with van der Waals surface area (Å²) in [7, 11) is 4.02. The van der Waals surface area contributed by atoms with Gasteiger partial charge in [-0.3, -0.25) is 0 Å². The Morgan fingerprint density at radius 3 is 2.67 bits per heavy atom. The monoisotopic (exact) mass is 283 g/mol. The molecule has 0 aliphatic carbocycles. The van der Waals surface area contributed by atoms with E-state index in [0.717, 1.165) is 37.0 Å². The molecular formula is C16H21N5. The van der Waals surface area contributed by atoms with Crippen molar-refractivity contribution in [2.45, 2.75) is 13.5 Å². The van der Waals surface area contributed by atoms with Crippen molar-refractivity contribution in [2.75, 3.05) is 42.3 Å². The molecule has 0 amide bonds. The van der Waals surface area contributed by atoms with E-state index in [2.05, 4.69) is 56.4 Å². The molecule has 3 rings (SSSR count).